The molecule has 1 saturated heterocycles. The highest BCUT2D eigenvalue weighted by Gasteiger charge is 2.18. The molecular formula is C15H22BrN3O. The highest BCUT2D eigenvalue weighted by atomic mass is 79.9. The Bertz CT molecular complexity index is 427. The third-order valence-electron chi connectivity index (χ3n) is 3.69. The predicted molar refractivity (Wildman–Crippen MR) is 85.9 cm³/mol. The average molecular weight is 340 g/mol. The van der Waals surface area contributed by atoms with Gasteiger partial charge in [0.15, 0.2) is 0 Å². The van der Waals surface area contributed by atoms with Crippen LogP contribution in [0.4, 0.5) is 5.69 Å². The van der Waals surface area contributed by atoms with E-state index in [0.717, 1.165) is 36.1 Å². The van der Waals surface area contributed by atoms with Crippen molar-refractivity contribution in [2.24, 2.45) is 0 Å². The molecule has 2 rings (SSSR count). The second-order valence-corrected chi connectivity index (χ2v) is 6.22. The smallest absolute Gasteiger partial charge is 0.238 e. The lowest BCUT2D eigenvalue weighted by molar-refractivity contribution is -0.117. The van der Waals surface area contributed by atoms with Gasteiger partial charge in [-0.2, -0.15) is 0 Å². The van der Waals surface area contributed by atoms with Crippen LogP contribution in [0, 0.1) is 0 Å². The van der Waals surface area contributed by atoms with E-state index in [1.807, 2.05) is 31.3 Å². The van der Waals surface area contributed by atoms with E-state index in [-0.39, 0.29) is 5.91 Å². The average Bonchev–Trinajstić information content (AvgIpc) is 2.70. The fourth-order valence-electron chi connectivity index (χ4n) is 2.53. The molecule has 20 heavy (non-hydrogen) atoms. The molecule has 0 aliphatic carbocycles. The quantitative estimate of drug-likeness (QED) is 0.885. The molecule has 1 unspecified atom stereocenters. The number of hydrogen-bond acceptors (Lipinski definition) is 3. The largest absolute Gasteiger partial charge is 0.325 e. The van der Waals surface area contributed by atoms with Crippen LogP contribution in [0.1, 0.15) is 19.3 Å². The molecule has 0 saturated carbocycles. The van der Waals surface area contributed by atoms with Gasteiger partial charge in [0, 0.05) is 16.2 Å². The molecule has 1 atom stereocenters. The number of nitrogens with one attached hydrogen (secondary N) is 2. The van der Waals surface area contributed by atoms with Crippen molar-refractivity contribution in [1.29, 1.82) is 0 Å². The van der Waals surface area contributed by atoms with Gasteiger partial charge in [0.1, 0.15) is 0 Å². The van der Waals surface area contributed by atoms with Crippen LogP contribution in [-0.2, 0) is 4.79 Å². The minimum atomic E-state index is 0.0482. The summed E-state index contributed by atoms with van der Waals surface area (Å²) in [4.78, 5) is 14.2. The predicted octanol–water partition coefficient (Wildman–Crippen LogP) is 2.46. The van der Waals surface area contributed by atoms with E-state index >= 15 is 0 Å². The van der Waals surface area contributed by atoms with Crippen LogP contribution < -0.4 is 10.6 Å². The molecule has 1 amide bonds. The van der Waals surface area contributed by atoms with Crippen molar-refractivity contribution in [3.05, 3.63) is 28.7 Å². The summed E-state index contributed by atoms with van der Waals surface area (Å²) in [5, 5.41) is 6.34. The summed E-state index contributed by atoms with van der Waals surface area (Å²) in [7, 11) is 2.04. The molecule has 1 fully saturated rings. The molecule has 1 heterocycles. The third kappa shape index (κ3) is 4.89. The van der Waals surface area contributed by atoms with Crippen LogP contribution in [0.25, 0.3) is 0 Å². The first-order valence-corrected chi connectivity index (χ1v) is 7.91. The van der Waals surface area contributed by atoms with E-state index in [4.69, 9.17) is 0 Å². The van der Waals surface area contributed by atoms with Crippen LogP contribution in [0.15, 0.2) is 28.7 Å². The van der Waals surface area contributed by atoms with Crippen molar-refractivity contribution >= 4 is 27.5 Å². The molecule has 5 heteroatoms. The maximum Gasteiger partial charge on any atom is 0.238 e. The SMILES string of the molecule is CN(CC(=O)Nc1ccc(Br)cc1)C1CCCNCC1. The van der Waals surface area contributed by atoms with Gasteiger partial charge >= 0.3 is 0 Å². The lowest BCUT2D eigenvalue weighted by Gasteiger charge is -2.26. The van der Waals surface area contributed by atoms with E-state index in [9.17, 15) is 4.79 Å². The molecule has 0 bridgehead atoms. The minimum Gasteiger partial charge on any atom is -0.325 e. The normalized spacial score (nSPS) is 19.6. The van der Waals surface area contributed by atoms with E-state index in [2.05, 4.69) is 31.5 Å². The highest BCUT2D eigenvalue weighted by molar-refractivity contribution is 9.10. The van der Waals surface area contributed by atoms with Crippen molar-refractivity contribution in [3.8, 4) is 0 Å². The summed E-state index contributed by atoms with van der Waals surface area (Å²) in [5.41, 5.74) is 0.842. The number of amides is 1. The van der Waals surface area contributed by atoms with Gasteiger partial charge in [-0.1, -0.05) is 15.9 Å². The summed E-state index contributed by atoms with van der Waals surface area (Å²) in [6.45, 7) is 2.58. The summed E-state index contributed by atoms with van der Waals surface area (Å²) < 4.78 is 1.01. The molecule has 0 radical (unpaired) electrons. The number of halogens is 1. The van der Waals surface area contributed by atoms with Gasteiger partial charge < -0.3 is 10.6 Å². The Labute approximate surface area is 129 Å². The number of nitrogens with zero attached hydrogens (tertiary/aromatic N) is 1. The first kappa shape index (κ1) is 15.5. The third-order valence-corrected chi connectivity index (χ3v) is 4.22. The first-order valence-electron chi connectivity index (χ1n) is 7.11. The van der Waals surface area contributed by atoms with Gasteiger partial charge in [-0.15, -0.1) is 0 Å². The van der Waals surface area contributed by atoms with Crippen molar-refractivity contribution in [2.75, 3.05) is 32.0 Å². The van der Waals surface area contributed by atoms with E-state index in [1.165, 1.54) is 6.42 Å². The number of likely N-dealkylation sites (N-methyl/N-ethyl adjacent to an activating group) is 1. The summed E-state index contributed by atoms with van der Waals surface area (Å²) in [6.07, 6.45) is 3.46. The highest BCUT2D eigenvalue weighted by Crippen LogP contribution is 2.15. The Hall–Kier alpha value is -0.910. The van der Waals surface area contributed by atoms with Gasteiger partial charge in [0.2, 0.25) is 5.91 Å². The monoisotopic (exact) mass is 339 g/mol. The lowest BCUT2D eigenvalue weighted by atomic mass is 10.1. The molecule has 4 nitrogen and oxygen atoms in total. The van der Waals surface area contributed by atoms with E-state index in [1.54, 1.807) is 0 Å². The van der Waals surface area contributed by atoms with Gasteiger partial charge in [0.05, 0.1) is 6.54 Å². The van der Waals surface area contributed by atoms with Crippen molar-refractivity contribution < 1.29 is 4.79 Å². The fourth-order valence-corrected chi connectivity index (χ4v) is 2.80. The summed E-state index contributed by atoms with van der Waals surface area (Å²) in [6, 6.07) is 8.16. The van der Waals surface area contributed by atoms with Gasteiger partial charge in [-0.05, 0) is 63.7 Å². The van der Waals surface area contributed by atoms with Crippen LogP contribution in [-0.4, -0.2) is 43.5 Å². The zero-order valence-electron chi connectivity index (χ0n) is 11.9. The topological polar surface area (TPSA) is 44.4 Å². The Morgan fingerprint density at radius 1 is 1.35 bits per heavy atom. The number of carbonyl (C=O) groups excluding carboxylic acids is 1. The second kappa shape index (κ2) is 7.76. The minimum absolute atomic E-state index is 0.0482. The standard InChI is InChI=1S/C15H22BrN3O/c1-19(14-3-2-9-17-10-8-14)11-15(20)18-13-6-4-12(16)5-7-13/h4-7,14,17H,2-3,8-11H2,1H3,(H,18,20). The van der Waals surface area contributed by atoms with Gasteiger partial charge in [-0.25, -0.2) is 0 Å². The summed E-state index contributed by atoms with van der Waals surface area (Å²) in [5.74, 6) is 0.0482. The molecule has 0 aromatic heterocycles. The zero-order chi connectivity index (χ0) is 14.4. The van der Waals surface area contributed by atoms with Crippen molar-refractivity contribution in [1.82, 2.24) is 10.2 Å². The summed E-state index contributed by atoms with van der Waals surface area (Å²) >= 11 is 3.38. The Morgan fingerprint density at radius 3 is 2.85 bits per heavy atom. The molecule has 1 aromatic carbocycles. The van der Waals surface area contributed by atoms with Crippen LogP contribution in [0.2, 0.25) is 0 Å². The van der Waals surface area contributed by atoms with E-state index < -0.39 is 0 Å². The van der Waals surface area contributed by atoms with E-state index in [0.29, 0.717) is 12.6 Å². The first-order chi connectivity index (χ1) is 9.65. The van der Waals surface area contributed by atoms with Gasteiger partial charge in [0.25, 0.3) is 0 Å². The van der Waals surface area contributed by atoms with Crippen molar-refractivity contribution in [2.45, 2.75) is 25.3 Å². The van der Waals surface area contributed by atoms with Gasteiger partial charge in [-0.3, -0.25) is 9.69 Å². The number of benzene rings is 1. The molecule has 1 aromatic rings. The van der Waals surface area contributed by atoms with Crippen LogP contribution in [0.5, 0.6) is 0 Å². The molecular weight excluding hydrogens is 318 g/mol. The molecule has 110 valence electrons. The fraction of sp³-hybridized carbons (Fsp3) is 0.533. The second-order valence-electron chi connectivity index (χ2n) is 5.30. The Balaban J connectivity index is 1.82. The number of anilines is 1. The maximum absolute atomic E-state index is 12.1. The Morgan fingerprint density at radius 2 is 2.10 bits per heavy atom. The molecule has 1 aliphatic heterocycles. The zero-order valence-corrected chi connectivity index (χ0v) is 13.4. The molecule has 2 N–H and O–H groups in total. The molecule has 0 spiro atoms. The number of rotatable bonds is 4. The maximum atomic E-state index is 12.1. The number of hydrogen-bond donors (Lipinski definition) is 2. The molecule has 1 aliphatic rings. The Kier molecular flexibility index (Phi) is 6.01. The lowest BCUT2D eigenvalue weighted by Crippen LogP contribution is -2.38. The van der Waals surface area contributed by atoms with Crippen molar-refractivity contribution in [3.63, 3.8) is 0 Å². The van der Waals surface area contributed by atoms with Crippen LogP contribution in [0.3, 0.4) is 0 Å². The number of carbonyl (C=O) groups is 1. The van der Waals surface area contributed by atoms with Crippen LogP contribution >= 0.6 is 15.9 Å².